The van der Waals surface area contributed by atoms with Crippen LogP contribution in [0.1, 0.15) is 30.9 Å². The van der Waals surface area contributed by atoms with Crippen LogP contribution in [-0.4, -0.2) is 30.8 Å². The van der Waals surface area contributed by atoms with E-state index >= 15 is 0 Å². The first-order valence-electron chi connectivity index (χ1n) is 7.11. The lowest BCUT2D eigenvalue weighted by Gasteiger charge is -2.11. The highest BCUT2D eigenvalue weighted by Crippen LogP contribution is 2.34. The van der Waals surface area contributed by atoms with Gasteiger partial charge >= 0.3 is 0 Å². The molecule has 108 valence electrons. The zero-order valence-electron chi connectivity index (χ0n) is 11.5. The highest BCUT2D eigenvalue weighted by Gasteiger charge is 2.25. The lowest BCUT2D eigenvalue weighted by molar-refractivity contribution is 0.661. The fourth-order valence-electron chi connectivity index (χ4n) is 3.10. The summed E-state index contributed by atoms with van der Waals surface area (Å²) in [5.41, 5.74) is 15.8. The van der Waals surface area contributed by atoms with Crippen molar-refractivity contribution in [3.63, 3.8) is 0 Å². The number of anilines is 1. The fraction of sp³-hybridized carbons (Fsp3) is 0.357. The number of aromatic amines is 1. The van der Waals surface area contributed by atoms with Crippen molar-refractivity contribution >= 4 is 11.5 Å². The number of aromatic nitrogens is 5. The quantitative estimate of drug-likeness (QED) is 0.656. The van der Waals surface area contributed by atoms with Gasteiger partial charge < -0.3 is 11.5 Å². The zero-order chi connectivity index (χ0) is 14.4. The first kappa shape index (κ1) is 12.3. The minimum Gasteiger partial charge on any atom is -0.384 e. The summed E-state index contributed by atoms with van der Waals surface area (Å²) in [7, 11) is 0. The van der Waals surface area contributed by atoms with E-state index in [-0.39, 0.29) is 6.04 Å². The van der Waals surface area contributed by atoms with Gasteiger partial charge in [-0.3, -0.25) is 5.10 Å². The monoisotopic (exact) mass is 283 g/mol. The lowest BCUT2D eigenvalue weighted by Crippen LogP contribution is -2.15. The van der Waals surface area contributed by atoms with Gasteiger partial charge in [0.2, 0.25) is 0 Å². The zero-order valence-corrected chi connectivity index (χ0v) is 11.5. The summed E-state index contributed by atoms with van der Waals surface area (Å²) in [5, 5.41) is 11.1. The van der Waals surface area contributed by atoms with Crippen LogP contribution in [0, 0.1) is 0 Å². The van der Waals surface area contributed by atoms with Crippen molar-refractivity contribution in [2.45, 2.75) is 31.2 Å². The van der Waals surface area contributed by atoms with Gasteiger partial charge in [-0.05, 0) is 19.3 Å². The predicted octanol–water partition coefficient (Wildman–Crippen LogP) is 1.30. The topological polar surface area (TPSA) is 111 Å². The van der Waals surface area contributed by atoms with Gasteiger partial charge in [0.15, 0.2) is 5.65 Å². The first-order chi connectivity index (χ1) is 10.2. The Hall–Kier alpha value is -2.41. The molecule has 4 rings (SSSR count). The van der Waals surface area contributed by atoms with E-state index in [1.165, 1.54) is 0 Å². The Labute approximate surface area is 121 Å². The summed E-state index contributed by atoms with van der Waals surface area (Å²) in [5.74, 6) is 0.990. The number of fused-ring (bicyclic) bond motifs is 1. The fourth-order valence-corrected chi connectivity index (χ4v) is 3.10. The third kappa shape index (κ3) is 1.97. The molecule has 5 N–H and O–H groups in total. The molecule has 3 aromatic heterocycles. The van der Waals surface area contributed by atoms with E-state index in [9.17, 15) is 0 Å². The number of hydrogen-bond acceptors (Lipinski definition) is 5. The number of nitrogen functional groups attached to an aromatic ring is 1. The second-order valence-corrected chi connectivity index (χ2v) is 5.66. The third-order valence-electron chi connectivity index (χ3n) is 4.22. The molecule has 7 nitrogen and oxygen atoms in total. The van der Waals surface area contributed by atoms with Gasteiger partial charge in [0.25, 0.3) is 0 Å². The predicted molar refractivity (Wildman–Crippen MR) is 79.5 cm³/mol. The van der Waals surface area contributed by atoms with Gasteiger partial charge in [0.1, 0.15) is 5.82 Å². The Morgan fingerprint density at radius 3 is 2.90 bits per heavy atom. The van der Waals surface area contributed by atoms with Gasteiger partial charge in [0.05, 0.1) is 12.4 Å². The third-order valence-corrected chi connectivity index (χ3v) is 4.22. The van der Waals surface area contributed by atoms with Gasteiger partial charge in [-0.15, -0.1) is 0 Å². The Kier molecular flexibility index (Phi) is 2.68. The number of H-pyrrole nitrogens is 1. The second-order valence-electron chi connectivity index (χ2n) is 5.66. The SMILES string of the molecule is Nc1cc([C@@H]2CC[C@H](N)C2)nc2c(-c3cn[nH]c3)cnn12. The van der Waals surface area contributed by atoms with Crippen molar-refractivity contribution in [1.82, 2.24) is 24.8 Å². The van der Waals surface area contributed by atoms with Crippen molar-refractivity contribution in [2.75, 3.05) is 5.73 Å². The average molecular weight is 283 g/mol. The molecule has 0 radical (unpaired) electrons. The number of rotatable bonds is 2. The van der Waals surface area contributed by atoms with Crippen LogP contribution in [0.2, 0.25) is 0 Å². The molecule has 0 spiro atoms. The largest absolute Gasteiger partial charge is 0.384 e. The molecule has 0 aromatic carbocycles. The molecule has 3 heterocycles. The normalized spacial score (nSPS) is 22.1. The minimum absolute atomic E-state index is 0.271. The highest BCUT2D eigenvalue weighted by atomic mass is 15.3. The molecule has 1 fully saturated rings. The summed E-state index contributed by atoms with van der Waals surface area (Å²) >= 11 is 0. The van der Waals surface area contributed by atoms with E-state index in [1.54, 1.807) is 16.9 Å². The number of hydrogen-bond donors (Lipinski definition) is 3. The average Bonchev–Trinajstić information content (AvgIpc) is 3.16. The molecule has 0 aliphatic heterocycles. The number of nitrogens with zero attached hydrogens (tertiary/aromatic N) is 4. The molecule has 0 bridgehead atoms. The van der Waals surface area contributed by atoms with Gasteiger partial charge in [0, 0.05) is 41.0 Å². The summed E-state index contributed by atoms with van der Waals surface area (Å²) in [6, 6.07) is 2.19. The molecule has 3 aromatic rings. The van der Waals surface area contributed by atoms with E-state index in [4.69, 9.17) is 16.5 Å². The van der Waals surface area contributed by atoms with Crippen molar-refractivity contribution in [1.29, 1.82) is 0 Å². The maximum Gasteiger partial charge on any atom is 0.165 e. The Morgan fingerprint density at radius 2 is 2.19 bits per heavy atom. The molecule has 1 saturated carbocycles. The molecule has 7 heteroatoms. The van der Waals surface area contributed by atoms with Crippen LogP contribution < -0.4 is 11.5 Å². The van der Waals surface area contributed by atoms with Gasteiger partial charge in [-0.2, -0.15) is 14.7 Å². The molecule has 2 atom stereocenters. The Balaban J connectivity index is 1.85. The number of nitrogens with one attached hydrogen (secondary N) is 1. The van der Waals surface area contributed by atoms with E-state index in [0.29, 0.717) is 11.7 Å². The molecular weight excluding hydrogens is 266 g/mol. The molecule has 21 heavy (non-hydrogen) atoms. The van der Waals surface area contributed by atoms with Crippen molar-refractivity contribution in [2.24, 2.45) is 5.73 Å². The van der Waals surface area contributed by atoms with Crippen LogP contribution in [0.15, 0.2) is 24.7 Å². The van der Waals surface area contributed by atoms with Crippen LogP contribution in [0.25, 0.3) is 16.8 Å². The first-order valence-corrected chi connectivity index (χ1v) is 7.11. The summed E-state index contributed by atoms with van der Waals surface area (Å²) in [4.78, 5) is 4.79. The van der Waals surface area contributed by atoms with E-state index in [0.717, 1.165) is 41.7 Å². The molecular formula is C14H17N7. The highest BCUT2D eigenvalue weighted by molar-refractivity contribution is 5.77. The molecule has 0 unspecified atom stereocenters. The van der Waals surface area contributed by atoms with E-state index in [1.807, 2.05) is 12.3 Å². The molecule has 0 saturated heterocycles. The summed E-state index contributed by atoms with van der Waals surface area (Å²) in [6.45, 7) is 0. The minimum atomic E-state index is 0.271. The van der Waals surface area contributed by atoms with Crippen LogP contribution in [0.4, 0.5) is 5.82 Å². The Bertz CT molecular complexity index is 774. The van der Waals surface area contributed by atoms with Gasteiger partial charge in [-0.25, -0.2) is 4.98 Å². The Morgan fingerprint density at radius 1 is 1.29 bits per heavy atom. The lowest BCUT2D eigenvalue weighted by atomic mass is 10.0. The van der Waals surface area contributed by atoms with Crippen LogP contribution in [0.3, 0.4) is 0 Å². The second kappa shape index (κ2) is 4.56. The van der Waals surface area contributed by atoms with Crippen LogP contribution in [-0.2, 0) is 0 Å². The van der Waals surface area contributed by atoms with Crippen molar-refractivity contribution < 1.29 is 0 Å². The molecule has 0 amide bonds. The van der Waals surface area contributed by atoms with Crippen LogP contribution in [0.5, 0.6) is 0 Å². The number of nitrogens with two attached hydrogens (primary N) is 2. The molecule has 1 aliphatic rings. The summed E-state index contributed by atoms with van der Waals surface area (Å²) in [6.07, 6.45) is 8.44. The van der Waals surface area contributed by atoms with Gasteiger partial charge in [-0.1, -0.05) is 0 Å². The maximum absolute atomic E-state index is 6.13. The molecule has 1 aliphatic carbocycles. The summed E-state index contributed by atoms with van der Waals surface area (Å²) < 4.78 is 1.67. The van der Waals surface area contributed by atoms with Crippen molar-refractivity contribution in [3.05, 3.63) is 30.4 Å². The van der Waals surface area contributed by atoms with Crippen LogP contribution >= 0.6 is 0 Å². The van der Waals surface area contributed by atoms with E-state index in [2.05, 4.69) is 15.3 Å². The van der Waals surface area contributed by atoms with E-state index < -0.39 is 0 Å². The standard InChI is InChI=1S/C14H17N7/c15-10-2-1-8(3-10)12-4-13(16)21-14(20-12)11(7-19-21)9-5-17-18-6-9/h4-8,10H,1-3,15-16H2,(H,17,18)/t8-,10+/m1/s1. The van der Waals surface area contributed by atoms with Crippen molar-refractivity contribution in [3.8, 4) is 11.1 Å². The smallest absolute Gasteiger partial charge is 0.165 e. The maximum atomic E-state index is 6.13.